The Balaban J connectivity index is 1.12. The molecule has 0 saturated carbocycles. The topological polar surface area (TPSA) is 66.9 Å². The Labute approximate surface area is 370 Å². The van der Waals surface area contributed by atoms with E-state index in [0.717, 1.165) is 63.6 Å². The summed E-state index contributed by atoms with van der Waals surface area (Å²) in [4.78, 5) is 15.3. The molecule has 2 aliphatic rings. The molecule has 63 heavy (non-hydrogen) atoms. The molecule has 0 bridgehead atoms. The summed E-state index contributed by atoms with van der Waals surface area (Å²) in [6, 6.07) is 50.1. The predicted molar refractivity (Wildman–Crippen MR) is 267 cm³/mol. The Bertz CT molecular complexity index is 3420. The minimum atomic E-state index is 0.0842. The second kappa shape index (κ2) is 16.4. The third kappa shape index (κ3) is 7.08. The van der Waals surface area contributed by atoms with Gasteiger partial charge in [-0.2, -0.15) is 0 Å². The maximum Gasteiger partial charge on any atom is 0.136 e. The van der Waals surface area contributed by atoms with Gasteiger partial charge >= 0.3 is 0 Å². The van der Waals surface area contributed by atoms with Crippen LogP contribution in [-0.4, -0.2) is 26.5 Å². The van der Waals surface area contributed by atoms with Crippen LogP contribution in [0.2, 0.25) is 0 Å². The van der Waals surface area contributed by atoms with E-state index in [1.54, 1.807) is 12.3 Å². The highest BCUT2D eigenvalue weighted by molar-refractivity contribution is 7.26. The highest BCUT2D eigenvalue weighted by Gasteiger charge is 2.25. The van der Waals surface area contributed by atoms with Crippen molar-refractivity contribution in [1.82, 2.24) is 14.5 Å². The average molecular weight is 830 g/mol. The van der Waals surface area contributed by atoms with Crippen LogP contribution < -0.4 is 0 Å². The van der Waals surface area contributed by atoms with Crippen LogP contribution in [0.15, 0.2) is 199 Å². The van der Waals surface area contributed by atoms with Gasteiger partial charge in [0.05, 0.1) is 22.4 Å². The number of aliphatic imine (C=N–C) groups is 1. The largest absolute Gasteiger partial charge is 0.309 e. The first-order chi connectivity index (χ1) is 31.1. The van der Waals surface area contributed by atoms with E-state index < -0.39 is 0 Å². The fourth-order valence-corrected chi connectivity index (χ4v) is 10.5. The molecule has 11 rings (SSSR count). The molecule has 0 fully saturated rings. The number of hydrogen-bond acceptors (Lipinski definition) is 5. The molecule has 0 aliphatic heterocycles. The first kappa shape index (κ1) is 38.4. The molecule has 3 aromatic heterocycles. The molecule has 3 heterocycles. The molecule has 0 saturated heterocycles. The summed E-state index contributed by atoms with van der Waals surface area (Å²) >= 11 is 1.87. The summed E-state index contributed by atoms with van der Waals surface area (Å²) < 4.78 is 4.97. The van der Waals surface area contributed by atoms with Crippen molar-refractivity contribution in [3.05, 3.63) is 211 Å². The van der Waals surface area contributed by atoms with Crippen LogP contribution in [0.25, 0.3) is 81.2 Å². The van der Waals surface area contributed by atoms with Gasteiger partial charge in [0.1, 0.15) is 5.82 Å². The van der Waals surface area contributed by atoms with Crippen LogP contribution in [-0.2, 0) is 0 Å². The van der Waals surface area contributed by atoms with Crippen molar-refractivity contribution in [1.29, 1.82) is 5.41 Å². The maximum atomic E-state index is 7.67. The standard InChI is InChI=1S/C57H43N5S/c1-37(59-32-14-31-58)46-35-48-47-33-44(39-17-8-3-9-18-39)26-30-53(47)63-56(48)54-49-34-43(38-15-6-2-7-16-38)25-29-52(49)62(55(46)54)45-27-23-41(24-28-45)51-36-50(40-19-10-4-11-20-40)60-57(61-51)42-21-12-5-13-22-42/h2-21,23,25-36,41-42,58H,22,24H2,1H3/b32-14-,58-31?,59-37?. The van der Waals surface area contributed by atoms with E-state index in [4.69, 9.17) is 20.4 Å². The van der Waals surface area contributed by atoms with Gasteiger partial charge in [0.15, 0.2) is 0 Å². The summed E-state index contributed by atoms with van der Waals surface area (Å²) in [5.41, 5.74) is 13.2. The number of nitrogens with one attached hydrogen (secondary N) is 1. The summed E-state index contributed by atoms with van der Waals surface area (Å²) in [6.07, 6.45) is 22.0. The lowest BCUT2D eigenvalue weighted by atomic mass is 9.93. The molecule has 6 aromatic carbocycles. The third-order valence-electron chi connectivity index (χ3n) is 12.4. The smallest absolute Gasteiger partial charge is 0.136 e. The lowest BCUT2D eigenvalue weighted by Gasteiger charge is -2.21. The minimum absolute atomic E-state index is 0.0842. The van der Waals surface area contributed by atoms with E-state index in [1.165, 1.54) is 59.4 Å². The van der Waals surface area contributed by atoms with Gasteiger partial charge in [-0.25, -0.2) is 9.97 Å². The number of nitrogens with zero attached hydrogens (tertiary/aromatic N) is 4. The van der Waals surface area contributed by atoms with Crippen LogP contribution in [0.3, 0.4) is 0 Å². The van der Waals surface area contributed by atoms with Gasteiger partial charge in [0.2, 0.25) is 0 Å². The summed E-state index contributed by atoms with van der Waals surface area (Å²) in [7, 11) is 0. The van der Waals surface area contributed by atoms with Crippen LogP contribution >= 0.6 is 11.3 Å². The van der Waals surface area contributed by atoms with E-state index in [0.29, 0.717) is 0 Å². The number of benzene rings is 6. The van der Waals surface area contributed by atoms with Gasteiger partial charge < -0.3 is 9.98 Å². The van der Waals surface area contributed by atoms with Gasteiger partial charge in [-0.3, -0.25) is 4.99 Å². The van der Waals surface area contributed by atoms with Gasteiger partial charge in [-0.1, -0.05) is 140 Å². The van der Waals surface area contributed by atoms with Crippen molar-refractivity contribution >= 4 is 70.9 Å². The van der Waals surface area contributed by atoms with E-state index in [1.807, 2.05) is 17.4 Å². The van der Waals surface area contributed by atoms with Crippen molar-refractivity contribution < 1.29 is 0 Å². The van der Waals surface area contributed by atoms with Gasteiger partial charge in [0.25, 0.3) is 0 Å². The average Bonchev–Trinajstić information content (AvgIpc) is 3.90. The lowest BCUT2D eigenvalue weighted by molar-refractivity contribution is 0.731. The summed E-state index contributed by atoms with van der Waals surface area (Å²) in [5, 5.41) is 12.6. The molecule has 2 unspecified atom stereocenters. The van der Waals surface area contributed by atoms with E-state index in [-0.39, 0.29) is 11.8 Å². The molecule has 2 aliphatic carbocycles. The third-order valence-corrected chi connectivity index (χ3v) is 13.6. The molecule has 9 aromatic rings. The number of aromatic nitrogens is 3. The number of rotatable bonds is 9. The van der Waals surface area contributed by atoms with E-state index >= 15 is 0 Å². The lowest BCUT2D eigenvalue weighted by Crippen LogP contribution is -2.10. The molecule has 1 N–H and O–H groups in total. The predicted octanol–water partition coefficient (Wildman–Crippen LogP) is 15.1. The quantitative estimate of drug-likeness (QED) is 0.147. The number of thiophene rings is 1. The fourth-order valence-electron chi connectivity index (χ4n) is 9.23. The van der Waals surface area contributed by atoms with Crippen molar-refractivity contribution in [3.8, 4) is 33.5 Å². The van der Waals surface area contributed by atoms with Gasteiger partial charge in [-0.15, -0.1) is 11.3 Å². The molecule has 5 nitrogen and oxygen atoms in total. The zero-order valence-electron chi connectivity index (χ0n) is 34.8. The Kier molecular flexibility index (Phi) is 9.98. The number of fused-ring (bicyclic) bond motifs is 7. The minimum Gasteiger partial charge on any atom is -0.309 e. The van der Waals surface area contributed by atoms with Crippen LogP contribution in [0.1, 0.15) is 48.7 Å². The van der Waals surface area contributed by atoms with Crippen LogP contribution in [0.4, 0.5) is 0 Å². The number of allylic oxidation sites excluding steroid dienone is 9. The second-order valence-corrected chi connectivity index (χ2v) is 17.3. The molecule has 2 atom stereocenters. The van der Waals surface area contributed by atoms with E-state index in [2.05, 4.69) is 187 Å². The van der Waals surface area contributed by atoms with Crippen molar-refractivity contribution in [2.75, 3.05) is 0 Å². The van der Waals surface area contributed by atoms with Crippen molar-refractivity contribution in [3.63, 3.8) is 0 Å². The first-order valence-corrected chi connectivity index (χ1v) is 22.4. The molecular weight excluding hydrogens is 787 g/mol. The highest BCUT2D eigenvalue weighted by atomic mass is 32.1. The normalized spacial score (nSPS) is 16.5. The zero-order chi connectivity index (χ0) is 42.3. The Morgan fingerprint density at radius 1 is 0.698 bits per heavy atom. The van der Waals surface area contributed by atoms with Crippen molar-refractivity contribution in [2.24, 2.45) is 4.99 Å². The second-order valence-electron chi connectivity index (χ2n) is 16.2. The molecular formula is C57H43N5S. The Morgan fingerprint density at radius 3 is 2.10 bits per heavy atom. The molecule has 6 heteroatoms. The summed E-state index contributed by atoms with van der Waals surface area (Å²) in [5.74, 6) is 1.09. The Hall–Kier alpha value is -7.54. The molecule has 0 amide bonds. The summed E-state index contributed by atoms with van der Waals surface area (Å²) in [6.45, 7) is 2.09. The van der Waals surface area contributed by atoms with Gasteiger partial charge in [0, 0.05) is 77.7 Å². The van der Waals surface area contributed by atoms with Crippen LogP contribution in [0, 0.1) is 5.41 Å². The highest BCUT2D eigenvalue weighted by Crippen LogP contribution is 2.47. The Morgan fingerprint density at radius 2 is 1.41 bits per heavy atom. The van der Waals surface area contributed by atoms with Crippen LogP contribution in [0.5, 0.6) is 0 Å². The number of hydrogen-bond donors (Lipinski definition) is 1. The van der Waals surface area contributed by atoms with E-state index in [9.17, 15) is 0 Å². The monoisotopic (exact) mass is 829 g/mol. The maximum absolute atomic E-state index is 7.67. The van der Waals surface area contributed by atoms with Gasteiger partial charge in [-0.05, 0) is 90.6 Å². The molecule has 0 spiro atoms. The fraction of sp³-hybridized carbons (Fsp3) is 0.0877. The molecule has 302 valence electrons. The zero-order valence-corrected chi connectivity index (χ0v) is 35.6. The molecule has 0 radical (unpaired) electrons. The first-order valence-electron chi connectivity index (χ1n) is 21.6. The van der Waals surface area contributed by atoms with Crippen molar-refractivity contribution in [2.45, 2.75) is 31.6 Å². The SMILES string of the molecule is CC(=N/C=C\C=N)c1cc2c3cc(-c4ccccc4)ccc3sc2c2c3cc(-c4ccccc4)ccc3n(C3=CCC(c4cc(-c5ccccc5)nc(C5C=CC=CC5)n4)C=C3)c12.